The fourth-order valence-electron chi connectivity index (χ4n) is 4.61. The van der Waals surface area contributed by atoms with Gasteiger partial charge in [0.2, 0.25) is 5.91 Å². The number of hydrogen-bond acceptors (Lipinski definition) is 7. The highest BCUT2D eigenvalue weighted by molar-refractivity contribution is 8.00. The van der Waals surface area contributed by atoms with Crippen LogP contribution in [0, 0.1) is 0 Å². The normalized spacial score (nSPS) is 11.3. The lowest BCUT2D eigenvalue weighted by Gasteiger charge is -2.18. The number of thioether (sulfide) groups is 1. The predicted molar refractivity (Wildman–Crippen MR) is 177 cm³/mol. The zero-order chi connectivity index (χ0) is 31.8. The monoisotopic (exact) mass is 636 g/mol. The number of amides is 2. The second-order valence-electron chi connectivity index (χ2n) is 9.67. The summed E-state index contributed by atoms with van der Waals surface area (Å²) in [4.78, 5) is 52.3. The lowest BCUT2D eigenvalue weighted by atomic mass is 10.0. The van der Waals surface area contributed by atoms with E-state index < -0.39 is 23.1 Å². The maximum Gasteiger partial charge on any atom is 0.341 e. The molecule has 0 radical (unpaired) electrons. The Kier molecular flexibility index (Phi) is 10.1. The first-order chi connectivity index (χ1) is 21.9. The van der Waals surface area contributed by atoms with Crippen molar-refractivity contribution in [3.05, 3.63) is 137 Å². The topological polar surface area (TPSA) is 122 Å². The second kappa shape index (κ2) is 14.5. The Labute approximate surface area is 268 Å². The number of rotatable bonds is 11. The Balaban J connectivity index is 1.42. The third-order valence-corrected chi connectivity index (χ3v) is 8.82. The molecule has 1 atom stereocenters. The van der Waals surface area contributed by atoms with Crippen molar-refractivity contribution < 1.29 is 29.0 Å². The average molecular weight is 637 g/mol. The summed E-state index contributed by atoms with van der Waals surface area (Å²) in [7, 11) is 0. The number of thiophene rings is 1. The lowest BCUT2D eigenvalue weighted by molar-refractivity contribution is -0.115. The summed E-state index contributed by atoms with van der Waals surface area (Å²) in [5, 5.41) is 16.7. The summed E-state index contributed by atoms with van der Waals surface area (Å²) in [5.41, 5.74) is 2.90. The smallest absolute Gasteiger partial charge is 0.341 e. The van der Waals surface area contributed by atoms with Crippen LogP contribution in [0.1, 0.15) is 48.8 Å². The number of ether oxygens (including phenoxy) is 1. The fraction of sp³-hybridized carbons (Fsp3) is 0.0857. The third-order valence-electron chi connectivity index (χ3n) is 6.68. The molecule has 45 heavy (non-hydrogen) atoms. The summed E-state index contributed by atoms with van der Waals surface area (Å²) in [5.74, 6) is -2.63. The Hall–Kier alpha value is -5.19. The van der Waals surface area contributed by atoms with Gasteiger partial charge in [-0.15, -0.1) is 23.1 Å². The van der Waals surface area contributed by atoms with E-state index in [4.69, 9.17) is 4.74 Å². The molecular weight excluding hydrogens is 609 g/mol. The molecule has 5 aromatic rings. The summed E-state index contributed by atoms with van der Waals surface area (Å²) in [6.45, 7) is 1.92. The molecule has 0 bridgehead atoms. The van der Waals surface area contributed by atoms with Crippen LogP contribution < -0.4 is 10.6 Å². The lowest BCUT2D eigenvalue weighted by Crippen LogP contribution is -2.20. The number of aromatic carboxylic acids is 1. The first-order valence-corrected chi connectivity index (χ1v) is 15.7. The van der Waals surface area contributed by atoms with Crippen molar-refractivity contribution in [1.29, 1.82) is 0 Å². The third kappa shape index (κ3) is 7.49. The average Bonchev–Trinajstić information content (AvgIpc) is 3.48. The Bertz CT molecular complexity index is 1840. The molecule has 0 aliphatic heterocycles. The highest BCUT2D eigenvalue weighted by Crippen LogP contribution is 2.40. The fourth-order valence-corrected chi connectivity index (χ4v) is 6.66. The van der Waals surface area contributed by atoms with Crippen molar-refractivity contribution in [1.82, 2.24) is 0 Å². The van der Waals surface area contributed by atoms with E-state index in [1.54, 1.807) is 37.3 Å². The molecule has 3 N–H and O–H groups in total. The molecule has 0 fully saturated rings. The van der Waals surface area contributed by atoms with Gasteiger partial charge >= 0.3 is 11.9 Å². The van der Waals surface area contributed by atoms with Crippen LogP contribution in [0.15, 0.2) is 119 Å². The van der Waals surface area contributed by atoms with Gasteiger partial charge in [0.05, 0.1) is 17.7 Å². The van der Waals surface area contributed by atoms with Gasteiger partial charge in [-0.25, -0.2) is 9.59 Å². The largest absolute Gasteiger partial charge is 0.478 e. The molecule has 2 amide bonds. The van der Waals surface area contributed by atoms with Crippen LogP contribution in [0.25, 0.3) is 11.1 Å². The van der Waals surface area contributed by atoms with Gasteiger partial charge in [-0.1, -0.05) is 78.9 Å². The van der Waals surface area contributed by atoms with E-state index >= 15 is 0 Å². The number of hydrogen-bond donors (Lipinski definition) is 3. The van der Waals surface area contributed by atoms with Crippen LogP contribution in [0.4, 0.5) is 10.7 Å². The van der Waals surface area contributed by atoms with Crippen molar-refractivity contribution in [3.63, 3.8) is 0 Å². The van der Waals surface area contributed by atoms with Gasteiger partial charge in [0, 0.05) is 21.5 Å². The molecule has 4 aromatic carbocycles. The minimum Gasteiger partial charge on any atom is -0.478 e. The molecule has 5 rings (SSSR count). The van der Waals surface area contributed by atoms with E-state index in [0.29, 0.717) is 26.7 Å². The van der Waals surface area contributed by atoms with Gasteiger partial charge in [0.15, 0.2) is 0 Å². The Morgan fingerprint density at radius 1 is 0.822 bits per heavy atom. The zero-order valence-corrected chi connectivity index (χ0v) is 25.7. The van der Waals surface area contributed by atoms with Gasteiger partial charge in [-0.3, -0.25) is 9.59 Å². The van der Waals surface area contributed by atoms with Crippen molar-refractivity contribution in [2.24, 2.45) is 0 Å². The number of carbonyl (C=O) groups is 4. The quantitative estimate of drug-likeness (QED) is 0.0992. The standard InChI is InChI=1S/C35H28N2O6S2/c1-2-43-35(42)29-28(22-12-5-3-6-13-22)21-44-33(29)37-32(39)30(23-14-7-4-8-15-23)45-25-17-11-16-24(20-25)36-31(38)26-18-9-10-19-27(26)34(40)41/h3-21,30H,2H2,1H3,(H,36,38)(H,37,39)(H,40,41). The molecule has 0 saturated heterocycles. The van der Waals surface area contributed by atoms with Crippen LogP contribution in [-0.2, 0) is 9.53 Å². The van der Waals surface area contributed by atoms with Crippen molar-refractivity contribution in [3.8, 4) is 11.1 Å². The van der Waals surface area contributed by atoms with Crippen LogP contribution in [-0.4, -0.2) is 35.5 Å². The highest BCUT2D eigenvalue weighted by atomic mass is 32.2. The molecule has 0 aliphatic carbocycles. The summed E-state index contributed by atoms with van der Waals surface area (Å²) in [6.07, 6.45) is 0. The molecule has 226 valence electrons. The number of benzene rings is 4. The molecule has 0 aliphatic rings. The van der Waals surface area contributed by atoms with Crippen molar-refractivity contribution in [2.75, 3.05) is 17.2 Å². The maximum absolute atomic E-state index is 13.9. The van der Waals surface area contributed by atoms with Gasteiger partial charge in [-0.2, -0.15) is 0 Å². The molecule has 0 saturated carbocycles. The SMILES string of the molecule is CCOC(=O)c1c(-c2ccccc2)csc1NC(=O)C(Sc1cccc(NC(=O)c2ccccc2C(=O)O)c1)c1ccccc1. The van der Waals surface area contributed by atoms with Crippen molar-refractivity contribution in [2.45, 2.75) is 17.1 Å². The van der Waals surface area contributed by atoms with E-state index in [0.717, 1.165) is 11.1 Å². The minimum atomic E-state index is -1.20. The minimum absolute atomic E-state index is 0.0350. The number of carbonyl (C=O) groups excluding carboxylic acids is 3. The van der Waals surface area contributed by atoms with Crippen molar-refractivity contribution >= 4 is 57.5 Å². The number of carboxylic acids is 1. The van der Waals surface area contributed by atoms with Gasteiger partial charge < -0.3 is 20.5 Å². The van der Waals surface area contributed by atoms with Gasteiger partial charge in [0.25, 0.3) is 5.91 Å². The Morgan fingerprint density at radius 2 is 1.49 bits per heavy atom. The van der Waals surface area contributed by atoms with E-state index in [2.05, 4.69) is 10.6 Å². The van der Waals surface area contributed by atoms with E-state index in [1.807, 2.05) is 72.1 Å². The zero-order valence-electron chi connectivity index (χ0n) is 24.1. The molecule has 1 unspecified atom stereocenters. The number of esters is 1. The van der Waals surface area contributed by atoms with Gasteiger partial charge in [-0.05, 0) is 48.4 Å². The number of carboxylic acid groups (broad SMARTS) is 1. The molecule has 1 aromatic heterocycles. The predicted octanol–water partition coefficient (Wildman–Crippen LogP) is 8.01. The Morgan fingerprint density at radius 3 is 2.18 bits per heavy atom. The van der Waals surface area contributed by atoms with Crippen LogP contribution >= 0.6 is 23.1 Å². The molecule has 0 spiro atoms. The van der Waals surface area contributed by atoms with Crippen LogP contribution in [0.2, 0.25) is 0 Å². The van der Waals surface area contributed by atoms with Crippen LogP contribution in [0.3, 0.4) is 0 Å². The number of nitrogens with one attached hydrogen (secondary N) is 2. The molecule has 8 nitrogen and oxygen atoms in total. The number of anilines is 2. The van der Waals surface area contributed by atoms with E-state index in [1.165, 1.54) is 35.2 Å². The highest BCUT2D eigenvalue weighted by Gasteiger charge is 2.27. The second-order valence-corrected chi connectivity index (χ2v) is 11.7. The van der Waals surface area contributed by atoms with E-state index in [9.17, 15) is 24.3 Å². The molecule has 1 heterocycles. The molecule has 10 heteroatoms. The van der Waals surface area contributed by atoms with E-state index in [-0.39, 0.29) is 23.6 Å². The van der Waals surface area contributed by atoms with Crippen LogP contribution in [0.5, 0.6) is 0 Å². The molecular formula is C35H28N2O6S2. The first kappa shape index (κ1) is 31.2. The van der Waals surface area contributed by atoms with Gasteiger partial charge in [0.1, 0.15) is 15.8 Å². The summed E-state index contributed by atoms with van der Waals surface area (Å²) < 4.78 is 5.35. The maximum atomic E-state index is 13.9. The summed E-state index contributed by atoms with van der Waals surface area (Å²) in [6, 6.07) is 31.6. The first-order valence-electron chi connectivity index (χ1n) is 14.0. The summed E-state index contributed by atoms with van der Waals surface area (Å²) >= 11 is 2.52.